The standard InChI is InChI=1S/C18H25N3O6S/c1-12-3-5-15(6-4-12)28(26,27)20-13(2)18(25)21-9-7-14(8-10-21)17(24)19-11-16(22)23/h3-6,13-14,20H,7-11H2,1-2H3,(H,19,24)(H,22,23)/p-1/t13-/m0/s1. The minimum absolute atomic E-state index is 0.0843. The Hall–Kier alpha value is -2.46. The van der Waals surface area contributed by atoms with Crippen molar-refractivity contribution in [3.63, 3.8) is 0 Å². The second kappa shape index (κ2) is 9.16. The van der Waals surface area contributed by atoms with Crippen LogP contribution < -0.4 is 15.1 Å². The Morgan fingerprint density at radius 2 is 1.75 bits per heavy atom. The quantitative estimate of drug-likeness (QED) is 0.578. The molecule has 28 heavy (non-hydrogen) atoms. The van der Waals surface area contributed by atoms with Gasteiger partial charge in [0.25, 0.3) is 0 Å². The van der Waals surface area contributed by atoms with Crippen molar-refractivity contribution in [3.8, 4) is 0 Å². The molecule has 154 valence electrons. The highest BCUT2D eigenvalue weighted by atomic mass is 32.2. The van der Waals surface area contributed by atoms with E-state index in [4.69, 9.17) is 0 Å². The molecule has 1 aromatic rings. The molecule has 2 N–H and O–H groups in total. The van der Waals surface area contributed by atoms with Crippen molar-refractivity contribution in [2.45, 2.75) is 37.6 Å². The van der Waals surface area contributed by atoms with Crippen molar-refractivity contribution in [3.05, 3.63) is 29.8 Å². The number of rotatable bonds is 7. The van der Waals surface area contributed by atoms with Gasteiger partial charge in [-0.1, -0.05) is 17.7 Å². The summed E-state index contributed by atoms with van der Waals surface area (Å²) in [7, 11) is -3.82. The number of piperidine rings is 1. The van der Waals surface area contributed by atoms with E-state index in [9.17, 15) is 27.9 Å². The molecule has 1 saturated heterocycles. The van der Waals surface area contributed by atoms with Gasteiger partial charge in [-0.3, -0.25) is 9.59 Å². The smallest absolute Gasteiger partial charge is 0.241 e. The molecular weight excluding hydrogens is 386 g/mol. The maximum atomic E-state index is 12.6. The van der Waals surface area contributed by atoms with Gasteiger partial charge in [0.05, 0.1) is 23.5 Å². The number of amides is 2. The van der Waals surface area contributed by atoms with Crippen LogP contribution in [-0.4, -0.2) is 56.8 Å². The van der Waals surface area contributed by atoms with Gasteiger partial charge in [-0.05, 0) is 38.8 Å². The lowest BCUT2D eigenvalue weighted by Gasteiger charge is -2.33. The van der Waals surface area contributed by atoms with Crippen molar-refractivity contribution in [2.24, 2.45) is 5.92 Å². The van der Waals surface area contributed by atoms with Crippen LogP contribution in [0, 0.1) is 12.8 Å². The fraction of sp³-hybridized carbons (Fsp3) is 0.500. The Morgan fingerprint density at radius 3 is 2.29 bits per heavy atom. The van der Waals surface area contributed by atoms with E-state index in [1.54, 1.807) is 12.1 Å². The van der Waals surface area contributed by atoms with Gasteiger partial charge in [-0.25, -0.2) is 8.42 Å². The first-order chi connectivity index (χ1) is 13.1. The number of aliphatic carboxylic acids is 1. The number of hydrogen-bond donors (Lipinski definition) is 2. The Bertz CT molecular complexity index is 829. The zero-order valence-corrected chi connectivity index (χ0v) is 16.6. The second-order valence-corrected chi connectivity index (χ2v) is 8.56. The molecule has 0 aliphatic carbocycles. The normalized spacial score (nSPS) is 16.4. The number of carboxylic acids is 1. The summed E-state index contributed by atoms with van der Waals surface area (Å²) < 4.78 is 27.2. The van der Waals surface area contributed by atoms with Crippen molar-refractivity contribution in [2.75, 3.05) is 19.6 Å². The van der Waals surface area contributed by atoms with E-state index in [1.807, 2.05) is 6.92 Å². The SMILES string of the molecule is Cc1ccc(S(=O)(=O)N[C@@H](C)C(=O)N2CCC(C(=O)NCC(=O)[O-])CC2)cc1. The first-order valence-electron chi connectivity index (χ1n) is 8.95. The van der Waals surface area contributed by atoms with Crippen molar-refractivity contribution in [1.82, 2.24) is 14.9 Å². The molecule has 0 aromatic heterocycles. The number of nitrogens with zero attached hydrogens (tertiary/aromatic N) is 1. The first kappa shape index (κ1) is 21.8. The van der Waals surface area contributed by atoms with Crippen LogP contribution in [0.2, 0.25) is 0 Å². The highest BCUT2D eigenvalue weighted by Crippen LogP contribution is 2.18. The minimum Gasteiger partial charge on any atom is -0.548 e. The van der Waals surface area contributed by atoms with Gasteiger partial charge in [0, 0.05) is 19.0 Å². The fourth-order valence-corrected chi connectivity index (χ4v) is 4.20. The first-order valence-corrected chi connectivity index (χ1v) is 10.4. The molecule has 10 heteroatoms. The Labute approximate surface area is 164 Å². The lowest BCUT2D eigenvalue weighted by molar-refractivity contribution is -0.304. The van der Waals surface area contributed by atoms with Crippen LogP contribution in [0.1, 0.15) is 25.3 Å². The number of carbonyl (C=O) groups is 3. The number of sulfonamides is 1. The molecule has 1 heterocycles. The zero-order chi connectivity index (χ0) is 20.9. The van der Waals surface area contributed by atoms with Crippen LogP contribution in [0.25, 0.3) is 0 Å². The van der Waals surface area contributed by atoms with Crippen molar-refractivity contribution < 1.29 is 27.9 Å². The molecule has 1 aromatic carbocycles. The van der Waals surface area contributed by atoms with Gasteiger partial charge in [0.15, 0.2) is 0 Å². The maximum absolute atomic E-state index is 12.6. The molecule has 0 bridgehead atoms. The number of aryl methyl sites for hydroxylation is 1. The molecule has 1 fully saturated rings. The molecule has 1 aliphatic rings. The van der Waals surface area contributed by atoms with Crippen LogP contribution in [0.3, 0.4) is 0 Å². The summed E-state index contributed by atoms with van der Waals surface area (Å²) in [5.74, 6) is -2.51. The number of carbonyl (C=O) groups excluding carboxylic acids is 3. The summed E-state index contributed by atoms with van der Waals surface area (Å²) in [6.07, 6.45) is 0.754. The summed E-state index contributed by atoms with van der Waals surface area (Å²) in [5.41, 5.74) is 0.926. The third-order valence-electron chi connectivity index (χ3n) is 4.62. The molecule has 0 saturated carbocycles. The van der Waals surface area contributed by atoms with Crippen LogP contribution >= 0.6 is 0 Å². The van der Waals surface area contributed by atoms with E-state index < -0.39 is 28.6 Å². The molecule has 9 nitrogen and oxygen atoms in total. The molecule has 1 atom stereocenters. The molecule has 0 radical (unpaired) electrons. The fourth-order valence-electron chi connectivity index (χ4n) is 3.01. The molecule has 0 unspecified atom stereocenters. The van der Waals surface area contributed by atoms with Crippen LogP contribution in [0.15, 0.2) is 29.2 Å². The van der Waals surface area contributed by atoms with Crippen molar-refractivity contribution >= 4 is 27.8 Å². The molecule has 2 amide bonds. The van der Waals surface area contributed by atoms with Crippen LogP contribution in [-0.2, 0) is 24.4 Å². The predicted molar refractivity (Wildman–Crippen MR) is 98.3 cm³/mol. The Balaban J connectivity index is 1.89. The minimum atomic E-state index is -3.82. The van der Waals surface area contributed by atoms with Gasteiger partial charge in [-0.15, -0.1) is 0 Å². The van der Waals surface area contributed by atoms with Gasteiger partial charge in [0.2, 0.25) is 21.8 Å². The number of nitrogens with one attached hydrogen (secondary N) is 2. The summed E-state index contributed by atoms with van der Waals surface area (Å²) in [5, 5.41) is 12.7. The number of likely N-dealkylation sites (tertiary alicyclic amines) is 1. The Kier molecular flexibility index (Phi) is 7.14. The summed E-state index contributed by atoms with van der Waals surface area (Å²) in [6, 6.07) is 5.36. The highest BCUT2D eigenvalue weighted by Gasteiger charge is 2.31. The van der Waals surface area contributed by atoms with E-state index >= 15 is 0 Å². The number of carboxylic acid groups (broad SMARTS) is 1. The van der Waals surface area contributed by atoms with Gasteiger partial charge in [-0.2, -0.15) is 4.72 Å². The van der Waals surface area contributed by atoms with E-state index in [-0.39, 0.29) is 22.6 Å². The Morgan fingerprint density at radius 1 is 1.18 bits per heavy atom. The third-order valence-corrected chi connectivity index (χ3v) is 6.17. The van der Waals surface area contributed by atoms with Gasteiger partial charge >= 0.3 is 0 Å². The topological polar surface area (TPSA) is 136 Å². The highest BCUT2D eigenvalue weighted by molar-refractivity contribution is 7.89. The monoisotopic (exact) mass is 410 g/mol. The lowest BCUT2D eigenvalue weighted by Crippen LogP contribution is -2.50. The summed E-state index contributed by atoms with van der Waals surface area (Å²) in [4.78, 5) is 36.4. The van der Waals surface area contributed by atoms with Crippen molar-refractivity contribution in [1.29, 1.82) is 0 Å². The van der Waals surface area contributed by atoms with Crippen LogP contribution in [0.5, 0.6) is 0 Å². The summed E-state index contributed by atoms with van der Waals surface area (Å²) >= 11 is 0. The molecular formula is C18H24N3O6S-. The van der Waals surface area contributed by atoms with E-state index in [2.05, 4.69) is 10.0 Å². The molecule has 0 spiro atoms. The predicted octanol–water partition coefficient (Wildman–Crippen LogP) is -1.23. The van der Waals surface area contributed by atoms with E-state index in [0.717, 1.165) is 5.56 Å². The molecule has 1 aliphatic heterocycles. The number of hydrogen-bond acceptors (Lipinski definition) is 6. The maximum Gasteiger partial charge on any atom is 0.241 e. The lowest BCUT2D eigenvalue weighted by atomic mass is 9.95. The third kappa shape index (κ3) is 5.77. The van der Waals surface area contributed by atoms with Crippen LogP contribution in [0.4, 0.5) is 0 Å². The second-order valence-electron chi connectivity index (χ2n) is 6.85. The molecule has 2 rings (SSSR count). The van der Waals surface area contributed by atoms with E-state index in [1.165, 1.54) is 24.0 Å². The van der Waals surface area contributed by atoms with Gasteiger partial charge in [0.1, 0.15) is 0 Å². The number of benzene rings is 1. The largest absolute Gasteiger partial charge is 0.548 e. The zero-order valence-electron chi connectivity index (χ0n) is 15.8. The summed E-state index contributed by atoms with van der Waals surface area (Å²) in [6.45, 7) is 3.36. The van der Waals surface area contributed by atoms with Gasteiger partial charge < -0.3 is 20.1 Å². The van der Waals surface area contributed by atoms with E-state index in [0.29, 0.717) is 25.9 Å². The average molecular weight is 410 g/mol. The average Bonchev–Trinajstić information content (AvgIpc) is 2.65.